The molecule has 0 radical (unpaired) electrons. The number of aromatic nitrogens is 1. The number of rotatable bonds is 9. The predicted molar refractivity (Wildman–Crippen MR) is 81.8 cm³/mol. The summed E-state index contributed by atoms with van der Waals surface area (Å²) in [6.07, 6.45) is 4.58. The first-order valence-corrected chi connectivity index (χ1v) is 8.63. The highest BCUT2D eigenvalue weighted by Crippen LogP contribution is 2.10. The summed E-state index contributed by atoms with van der Waals surface area (Å²) >= 11 is 0. The third-order valence-corrected chi connectivity index (χ3v) is 4.81. The summed E-state index contributed by atoms with van der Waals surface area (Å²) in [6.45, 7) is 5.61. The Morgan fingerprint density at radius 1 is 1.30 bits per heavy atom. The molecule has 5 nitrogen and oxygen atoms in total. The van der Waals surface area contributed by atoms with Crippen LogP contribution in [0.1, 0.15) is 25.8 Å². The molecule has 0 atom stereocenters. The predicted octanol–water partition coefficient (Wildman–Crippen LogP) is 1.26. The molecule has 0 saturated carbocycles. The Morgan fingerprint density at radius 2 is 1.95 bits per heavy atom. The van der Waals surface area contributed by atoms with Gasteiger partial charge in [-0.2, -0.15) is 0 Å². The molecule has 0 saturated heterocycles. The third kappa shape index (κ3) is 5.98. The first kappa shape index (κ1) is 17.1. The Bertz CT molecular complexity index is 474. The Hall–Kier alpha value is -0.980. The molecule has 0 aliphatic rings. The van der Waals surface area contributed by atoms with E-state index >= 15 is 0 Å². The van der Waals surface area contributed by atoms with Crippen LogP contribution in [0.3, 0.4) is 0 Å². The van der Waals surface area contributed by atoms with Crippen LogP contribution in [0.2, 0.25) is 0 Å². The van der Waals surface area contributed by atoms with Crippen LogP contribution in [-0.4, -0.2) is 43.1 Å². The molecule has 114 valence electrons. The van der Waals surface area contributed by atoms with E-state index in [2.05, 4.69) is 4.98 Å². The summed E-state index contributed by atoms with van der Waals surface area (Å²) in [5.41, 5.74) is 6.48. The summed E-state index contributed by atoms with van der Waals surface area (Å²) in [6, 6.07) is 3.70. The van der Waals surface area contributed by atoms with Gasteiger partial charge in [-0.15, -0.1) is 0 Å². The highest BCUT2D eigenvalue weighted by atomic mass is 32.2. The number of aryl methyl sites for hydroxylation is 1. The van der Waals surface area contributed by atoms with E-state index in [-0.39, 0.29) is 5.75 Å². The van der Waals surface area contributed by atoms with Crippen molar-refractivity contribution in [2.24, 2.45) is 11.7 Å². The van der Waals surface area contributed by atoms with Crippen molar-refractivity contribution < 1.29 is 8.42 Å². The zero-order valence-electron chi connectivity index (χ0n) is 12.3. The Balaban J connectivity index is 2.66. The number of nitrogens with zero attached hydrogens (tertiary/aromatic N) is 2. The average molecular weight is 299 g/mol. The van der Waals surface area contributed by atoms with Gasteiger partial charge in [-0.05, 0) is 43.0 Å². The minimum atomic E-state index is -3.23. The SMILES string of the molecule is CC(C)CN(CCCN)S(=O)(=O)CCc1ccncc1. The molecule has 0 aliphatic heterocycles. The second kappa shape index (κ2) is 8.34. The van der Waals surface area contributed by atoms with Gasteiger partial charge in [0.15, 0.2) is 0 Å². The van der Waals surface area contributed by atoms with Gasteiger partial charge in [0.2, 0.25) is 10.0 Å². The fraction of sp³-hybridized carbons (Fsp3) is 0.643. The Kier molecular flexibility index (Phi) is 7.12. The van der Waals surface area contributed by atoms with Gasteiger partial charge in [0.05, 0.1) is 5.75 Å². The zero-order valence-corrected chi connectivity index (χ0v) is 13.1. The lowest BCUT2D eigenvalue weighted by molar-refractivity contribution is 0.364. The Labute approximate surface area is 122 Å². The van der Waals surface area contributed by atoms with Crippen LogP contribution in [-0.2, 0) is 16.4 Å². The van der Waals surface area contributed by atoms with Gasteiger partial charge in [-0.25, -0.2) is 12.7 Å². The maximum atomic E-state index is 12.4. The van der Waals surface area contributed by atoms with Crippen molar-refractivity contribution in [3.63, 3.8) is 0 Å². The normalized spacial score (nSPS) is 12.2. The van der Waals surface area contributed by atoms with Crippen LogP contribution in [0.5, 0.6) is 0 Å². The van der Waals surface area contributed by atoms with Crippen LogP contribution in [0, 0.1) is 5.92 Å². The second-order valence-corrected chi connectivity index (χ2v) is 7.40. The zero-order chi connectivity index (χ0) is 15.0. The van der Waals surface area contributed by atoms with E-state index in [0.29, 0.717) is 38.4 Å². The summed E-state index contributed by atoms with van der Waals surface area (Å²) in [5, 5.41) is 0. The number of sulfonamides is 1. The van der Waals surface area contributed by atoms with E-state index in [0.717, 1.165) is 5.56 Å². The second-order valence-electron chi connectivity index (χ2n) is 5.32. The fourth-order valence-corrected chi connectivity index (χ4v) is 3.63. The molecule has 1 rings (SSSR count). The molecule has 1 aromatic rings. The first-order chi connectivity index (χ1) is 9.45. The van der Waals surface area contributed by atoms with E-state index in [1.165, 1.54) is 0 Å². The van der Waals surface area contributed by atoms with Gasteiger partial charge in [0.1, 0.15) is 0 Å². The monoisotopic (exact) mass is 299 g/mol. The van der Waals surface area contributed by atoms with E-state index in [4.69, 9.17) is 5.73 Å². The molecule has 2 N–H and O–H groups in total. The lowest BCUT2D eigenvalue weighted by Crippen LogP contribution is -2.37. The topological polar surface area (TPSA) is 76.3 Å². The largest absolute Gasteiger partial charge is 0.330 e. The molecule has 0 bridgehead atoms. The summed E-state index contributed by atoms with van der Waals surface area (Å²) in [5.74, 6) is 0.442. The summed E-state index contributed by atoms with van der Waals surface area (Å²) in [4.78, 5) is 3.93. The van der Waals surface area contributed by atoms with E-state index < -0.39 is 10.0 Å². The van der Waals surface area contributed by atoms with Crippen molar-refractivity contribution in [2.75, 3.05) is 25.4 Å². The lowest BCUT2D eigenvalue weighted by atomic mass is 10.2. The smallest absolute Gasteiger partial charge is 0.214 e. The van der Waals surface area contributed by atoms with Crippen molar-refractivity contribution in [1.29, 1.82) is 0 Å². The highest BCUT2D eigenvalue weighted by molar-refractivity contribution is 7.89. The minimum Gasteiger partial charge on any atom is -0.330 e. The summed E-state index contributed by atoms with van der Waals surface area (Å²) in [7, 11) is -3.23. The van der Waals surface area contributed by atoms with Gasteiger partial charge in [-0.1, -0.05) is 13.8 Å². The maximum Gasteiger partial charge on any atom is 0.214 e. The molecule has 6 heteroatoms. The molecule has 20 heavy (non-hydrogen) atoms. The van der Waals surface area contributed by atoms with E-state index in [9.17, 15) is 8.42 Å². The molecule has 0 spiro atoms. The Morgan fingerprint density at radius 3 is 2.50 bits per heavy atom. The maximum absolute atomic E-state index is 12.4. The number of hydrogen-bond acceptors (Lipinski definition) is 4. The lowest BCUT2D eigenvalue weighted by Gasteiger charge is -2.23. The van der Waals surface area contributed by atoms with Gasteiger partial charge in [-0.3, -0.25) is 4.98 Å². The molecule has 0 amide bonds. The highest BCUT2D eigenvalue weighted by Gasteiger charge is 2.22. The van der Waals surface area contributed by atoms with Crippen LogP contribution in [0.25, 0.3) is 0 Å². The molecule has 0 aliphatic carbocycles. The van der Waals surface area contributed by atoms with Crippen molar-refractivity contribution in [3.05, 3.63) is 30.1 Å². The van der Waals surface area contributed by atoms with Crippen molar-refractivity contribution >= 4 is 10.0 Å². The van der Waals surface area contributed by atoms with Crippen molar-refractivity contribution in [3.8, 4) is 0 Å². The van der Waals surface area contributed by atoms with Gasteiger partial charge >= 0.3 is 0 Å². The van der Waals surface area contributed by atoms with Crippen LogP contribution in [0.4, 0.5) is 0 Å². The van der Waals surface area contributed by atoms with Gasteiger partial charge in [0, 0.05) is 25.5 Å². The molecule has 0 aromatic carbocycles. The van der Waals surface area contributed by atoms with Gasteiger partial charge < -0.3 is 5.73 Å². The van der Waals surface area contributed by atoms with E-state index in [1.807, 2.05) is 26.0 Å². The fourth-order valence-electron chi connectivity index (χ4n) is 1.94. The first-order valence-electron chi connectivity index (χ1n) is 7.02. The standard InChI is InChI=1S/C14H25N3O2S/c1-13(2)12-17(10-3-7-15)20(18,19)11-6-14-4-8-16-9-5-14/h4-5,8-9,13H,3,6-7,10-12,15H2,1-2H3. The average Bonchev–Trinajstić information content (AvgIpc) is 2.42. The molecule has 1 heterocycles. The quantitative estimate of drug-likeness (QED) is 0.745. The molecule has 0 fully saturated rings. The molecular weight excluding hydrogens is 274 g/mol. The number of pyridine rings is 1. The van der Waals surface area contributed by atoms with Crippen molar-refractivity contribution in [2.45, 2.75) is 26.7 Å². The number of nitrogens with two attached hydrogens (primary N) is 1. The van der Waals surface area contributed by atoms with Gasteiger partial charge in [0.25, 0.3) is 0 Å². The van der Waals surface area contributed by atoms with E-state index in [1.54, 1.807) is 16.7 Å². The summed E-state index contributed by atoms with van der Waals surface area (Å²) < 4.78 is 26.4. The van der Waals surface area contributed by atoms with Crippen LogP contribution < -0.4 is 5.73 Å². The van der Waals surface area contributed by atoms with Crippen molar-refractivity contribution in [1.82, 2.24) is 9.29 Å². The third-order valence-electron chi connectivity index (χ3n) is 2.97. The molecule has 1 aromatic heterocycles. The molecular formula is C14H25N3O2S. The van der Waals surface area contributed by atoms with Crippen LogP contribution in [0.15, 0.2) is 24.5 Å². The molecule has 0 unspecified atom stereocenters. The van der Waals surface area contributed by atoms with Crippen LogP contribution >= 0.6 is 0 Å². The minimum absolute atomic E-state index is 0.133. The number of hydrogen-bond donors (Lipinski definition) is 1.